The first kappa shape index (κ1) is 14.5. The molecular formula is C17H22N2O. The Balaban J connectivity index is 2.13. The number of aryl methyl sites for hydroxylation is 1. The van der Waals surface area contributed by atoms with Crippen molar-refractivity contribution >= 4 is 0 Å². The number of hydrogen-bond donors (Lipinski definition) is 1. The Bertz CT molecular complexity index is 520. The fraction of sp³-hybridized carbons (Fsp3) is 0.353. The molecule has 0 spiro atoms. The van der Waals surface area contributed by atoms with E-state index in [1.165, 1.54) is 16.7 Å². The van der Waals surface area contributed by atoms with Crippen LogP contribution in [0.3, 0.4) is 0 Å². The second kappa shape index (κ2) is 7.06. The number of methoxy groups -OCH3 is 1. The molecule has 0 fully saturated rings. The molecule has 20 heavy (non-hydrogen) atoms. The number of aromatic nitrogens is 1. The van der Waals surface area contributed by atoms with Crippen LogP contribution in [-0.4, -0.2) is 18.6 Å². The molecule has 2 aromatic rings. The zero-order valence-electron chi connectivity index (χ0n) is 12.4. The first-order chi connectivity index (χ1) is 9.72. The van der Waals surface area contributed by atoms with Crippen molar-refractivity contribution in [3.63, 3.8) is 0 Å². The van der Waals surface area contributed by atoms with Crippen LogP contribution in [0.5, 0.6) is 5.88 Å². The van der Waals surface area contributed by atoms with Gasteiger partial charge in [0.05, 0.1) is 7.11 Å². The molecule has 1 aromatic carbocycles. The number of nitrogens with zero attached hydrogens (tertiary/aromatic N) is 1. The maximum absolute atomic E-state index is 5.09. The second-order valence-electron chi connectivity index (χ2n) is 4.93. The summed E-state index contributed by atoms with van der Waals surface area (Å²) in [4.78, 5) is 4.27. The van der Waals surface area contributed by atoms with E-state index in [1.54, 1.807) is 7.11 Å². The first-order valence-corrected chi connectivity index (χ1v) is 7.01. The number of nitrogens with one attached hydrogen (secondary N) is 1. The van der Waals surface area contributed by atoms with Crippen LogP contribution < -0.4 is 10.1 Å². The molecule has 1 aromatic heterocycles. The van der Waals surface area contributed by atoms with Gasteiger partial charge >= 0.3 is 0 Å². The quantitative estimate of drug-likeness (QED) is 0.874. The van der Waals surface area contributed by atoms with Crippen molar-refractivity contribution in [2.45, 2.75) is 26.3 Å². The van der Waals surface area contributed by atoms with Crippen LogP contribution in [0, 0.1) is 6.92 Å². The molecule has 2 rings (SSSR count). The molecule has 1 N–H and O–H groups in total. The van der Waals surface area contributed by atoms with Gasteiger partial charge in [0.15, 0.2) is 0 Å². The van der Waals surface area contributed by atoms with E-state index >= 15 is 0 Å². The Morgan fingerprint density at radius 3 is 2.45 bits per heavy atom. The lowest BCUT2D eigenvalue weighted by Crippen LogP contribution is -2.23. The molecule has 106 valence electrons. The molecule has 3 heteroatoms. The van der Waals surface area contributed by atoms with Crippen molar-refractivity contribution in [1.29, 1.82) is 0 Å². The van der Waals surface area contributed by atoms with Gasteiger partial charge in [0.1, 0.15) is 0 Å². The smallest absolute Gasteiger partial charge is 0.212 e. The van der Waals surface area contributed by atoms with Gasteiger partial charge in [-0.3, -0.25) is 0 Å². The van der Waals surface area contributed by atoms with E-state index in [1.807, 2.05) is 12.3 Å². The molecular weight excluding hydrogens is 248 g/mol. The van der Waals surface area contributed by atoms with E-state index in [-0.39, 0.29) is 0 Å². The average Bonchev–Trinajstić information content (AvgIpc) is 2.48. The molecule has 0 aliphatic rings. The summed E-state index contributed by atoms with van der Waals surface area (Å²) in [5, 5.41) is 3.54. The molecule has 0 amide bonds. The fourth-order valence-corrected chi connectivity index (χ4v) is 2.24. The predicted octanol–water partition coefficient (Wildman–Crippen LogP) is 3.29. The minimum Gasteiger partial charge on any atom is -0.481 e. The van der Waals surface area contributed by atoms with Crippen LogP contribution in [0.25, 0.3) is 0 Å². The summed E-state index contributed by atoms with van der Waals surface area (Å²) in [6.45, 7) is 5.19. The van der Waals surface area contributed by atoms with Gasteiger partial charge in [-0.15, -0.1) is 0 Å². The van der Waals surface area contributed by atoms with Crippen LogP contribution in [0.15, 0.2) is 42.6 Å². The number of ether oxygens (including phenoxy) is 1. The van der Waals surface area contributed by atoms with Crippen molar-refractivity contribution in [3.8, 4) is 5.88 Å². The highest BCUT2D eigenvalue weighted by atomic mass is 16.5. The SMILES string of the molecule is CCNC(Cc1ccc(OC)nc1)c1ccc(C)cc1. The molecule has 0 aliphatic carbocycles. The monoisotopic (exact) mass is 270 g/mol. The number of rotatable bonds is 6. The fourth-order valence-electron chi connectivity index (χ4n) is 2.24. The maximum atomic E-state index is 5.09. The van der Waals surface area contributed by atoms with Crippen molar-refractivity contribution in [2.24, 2.45) is 0 Å². The van der Waals surface area contributed by atoms with Gasteiger partial charge in [-0.1, -0.05) is 42.8 Å². The summed E-state index contributed by atoms with van der Waals surface area (Å²) in [6, 6.07) is 13.0. The molecule has 1 unspecified atom stereocenters. The second-order valence-corrected chi connectivity index (χ2v) is 4.93. The van der Waals surface area contributed by atoms with Crippen LogP contribution in [0.4, 0.5) is 0 Å². The van der Waals surface area contributed by atoms with Crippen LogP contribution >= 0.6 is 0 Å². The van der Waals surface area contributed by atoms with Gasteiger partial charge in [0.25, 0.3) is 0 Å². The molecule has 0 saturated heterocycles. The van der Waals surface area contributed by atoms with Crippen molar-refractivity contribution in [2.75, 3.05) is 13.7 Å². The summed E-state index contributed by atoms with van der Waals surface area (Å²) < 4.78 is 5.09. The van der Waals surface area contributed by atoms with Crippen molar-refractivity contribution in [1.82, 2.24) is 10.3 Å². The Morgan fingerprint density at radius 2 is 1.90 bits per heavy atom. The van der Waals surface area contributed by atoms with Gasteiger partial charge < -0.3 is 10.1 Å². The molecule has 1 heterocycles. The summed E-state index contributed by atoms with van der Waals surface area (Å²) >= 11 is 0. The predicted molar refractivity (Wildman–Crippen MR) is 82.1 cm³/mol. The normalized spacial score (nSPS) is 12.2. The van der Waals surface area contributed by atoms with Gasteiger partial charge in [-0.2, -0.15) is 0 Å². The van der Waals surface area contributed by atoms with E-state index in [4.69, 9.17) is 4.74 Å². The molecule has 1 atom stereocenters. The highest BCUT2D eigenvalue weighted by molar-refractivity contribution is 5.27. The summed E-state index contributed by atoms with van der Waals surface area (Å²) in [6.07, 6.45) is 2.81. The topological polar surface area (TPSA) is 34.1 Å². The van der Waals surface area contributed by atoms with Crippen molar-refractivity contribution < 1.29 is 4.74 Å². The minimum atomic E-state index is 0.316. The largest absolute Gasteiger partial charge is 0.481 e. The third kappa shape index (κ3) is 3.81. The summed E-state index contributed by atoms with van der Waals surface area (Å²) in [5.74, 6) is 0.657. The molecule has 0 bridgehead atoms. The Kier molecular flexibility index (Phi) is 5.13. The third-order valence-electron chi connectivity index (χ3n) is 3.38. The van der Waals surface area contributed by atoms with E-state index in [0.29, 0.717) is 11.9 Å². The highest BCUT2D eigenvalue weighted by Crippen LogP contribution is 2.19. The first-order valence-electron chi connectivity index (χ1n) is 7.01. The molecule has 3 nitrogen and oxygen atoms in total. The number of pyridine rings is 1. The van der Waals surface area contributed by atoms with Crippen LogP contribution in [0.1, 0.15) is 29.7 Å². The van der Waals surface area contributed by atoms with E-state index in [9.17, 15) is 0 Å². The number of hydrogen-bond acceptors (Lipinski definition) is 3. The van der Waals surface area contributed by atoms with Crippen LogP contribution in [-0.2, 0) is 6.42 Å². The Morgan fingerprint density at radius 1 is 1.15 bits per heavy atom. The lowest BCUT2D eigenvalue weighted by Gasteiger charge is -2.18. The summed E-state index contributed by atoms with van der Waals surface area (Å²) in [7, 11) is 1.63. The summed E-state index contributed by atoms with van der Waals surface area (Å²) in [5.41, 5.74) is 3.81. The molecule has 0 saturated carbocycles. The average molecular weight is 270 g/mol. The zero-order chi connectivity index (χ0) is 14.4. The maximum Gasteiger partial charge on any atom is 0.212 e. The van der Waals surface area contributed by atoms with Gasteiger partial charge in [0.2, 0.25) is 5.88 Å². The lowest BCUT2D eigenvalue weighted by molar-refractivity contribution is 0.397. The van der Waals surface area contributed by atoms with E-state index in [0.717, 1.165) is 13.0 Å². The van der Waals surface area contributed by atoms with Crippen molar-refractivity contribution in [3.05, 3.63) is 59.3 Å². The molecule has 0 aliphatic heterocycles. The van der Waals surface area contributed by atoms with Gasteiger partial charge in [-0.25, -0.2) is 4.98 Å². The van der Waals surface area contributed by atoms with Gasteiger partial charge in [-0.05, 0) is 31.0 Å². The van der Waals surface area contributed by atoms with Crippen LogP contribution in [0.2, 0.25) is 0 Å². The molecule has 0 radical (unpaired) electrons. The number of likely N-dealkylation sites (N-methyl/N-ethyl adjacent to an activating group) is 1. The standard InChI is InChI=1S/C17H22N2O/c1-4-18-16(15-8-5-13(2)6-9-15)11-14-7-10-17(20-3)19-12-14/h5-10,12,16,18H,4,11H2,1-3H3. The Hall–Kier alpha value is -1.87. The van der Waals surface area contributed by atoms with E-state index < -0.39 is 0 Å². The highest BCUT2D eigenvalue weighted by Gasteiger charge is 2.11. The lowest BCUT2D eigenvalue weighted by atomic mass is 9.99. The number of benzene rings is 1. The van der Waals surface area contributed by atoms with E-state index in [2.05, 4.69) is 54.5 Å². The Labute approximate surface area is 121 Å². The third-order valence-corrected chi connectivity index (χ3v) is 3.38. The zero-order valence-corrected chi connectivity index (χ0v) is 12.4. The van der Waals surface area contributed by atoms with Gasteiger partial charge in [0, 0.05) is 18.3 Å². The minimum absolute atomic E-state index is 0.316.